The minimum atomic E-state index is -2.38. The number of thiophene rings is 1. The molecule has 1 fully saturated rings. The van der Waals surface area contributed by atoms with Gasteiger partial charge in [-0.3, -0.25) is 9.59 Å². The summed E-state index contributed by atoms with van der Waals surface area (Å²) in [5.74, 6) is -1.00. The van der Waals surface area contributed by atoms with Crippen molar-refractivity contribution in [3.8, 4) is 0 Å². The number of carbonyl (C=O) groups excluding carboxylic acids is 2. The molecule has 6 rings (SSSR count). The number of hydrogen-bond acceptors (Lipinski definition) is 6. The third-order valence-corrected chi connectivity index (χ3v) is 17.5. The second kappa shape index (κ2) is 10.9. The second-order valence-electron chi connectivity index (χ2n) is 12.7. The van der Waals surface area contributed by atoms with Gasteiger partial charge in [0.15, 0.2) is 18.8 Å². The van der Waals surface area contributed by atoms with E-state index >= 15 is 0 Å². The molecule has 220 valence electrons. The Morgan fingerprint density at radius 1 is 0.860 bits per heavy atom. The molecule has 43 heavy (non-hydrogen) atoms. The Morgan fingerprint density at radius 3 is 1.79 bits per heavy atom. The molecule has 1 aliphatic heterocycles. The van der Waals surface area contributed by atoms with Gasteiger partial charge in [0.1, 0.15) is 11.4 Å². The molecule has 5 aromatic rings. The van der Waals surface area contributed by atoms with Crippen molar-refractivity contribution in [1.82, 2.24) is 19.6 Å². The average Bonchev–Trinajstić information content (AvgIpc) is 3.58. The molecule has 1 amide bonds. The van der Waals surface area contributed by atoms with Crippen LogP contribution in [0.25, 0.3) is 10.3 Å². The summed E-state index contributed by atoms with van der Waals surface area (Å²) in [4.78, 5) is 29.9. The minimum absolute atomic E-state index is 0.0688. The highest BCUT2D eigenvalue weighted by molar-refractivity contribution is 8.01. The standard InChI is InChI=1S/C34H36N4O2S2Si/c1-33(2,3)43(5,6)38-31(40)28(29(39)27-22-26-30(41-27)35-36-37(26)4)32(38)42-34(23-16-10-7-11-17-23,24-18-12-8-13-19-24)25-20-14-9-15-21-25/h7-22,28,32H,1-6H3. The van der Waals surface area contributed by atoms with Crippen LogP contribution in [0, 0.1) is 5.92 Å². The zero-order valence-corrected chi connectivity index (χ0v) is 27.9. The van der Waals surface area contributed by atoms with E-state index in [0.717, 1.165) is 22.2 Å². The number of nitrogens with zero attached hydrogens (tertiary/aromatic N) is 4. The van der Waals surface area contributed by atoms with E-state index in [0.29, 0.717) is 9.71 Å². The maximum atomic E-state index is 14.4. The van der Waals surface area contributed by atoms with Gasteiger partial charge in [0.05, 0.1) is 15.0 Å². The maximum absolute atomic E-state index is 14.4. The van der Waals surface area contributed by atoms with Gasteiger partial charge in [-0.05, 0) is 27.8 Å². The van der Waals surface area contributed by atoms with Crippen LogP contribution in [0.4, 0.5) is 0 Å². The molecule has 3 heterocycles. The molecular formula is C34H36N4O2S2Si. The van der Waals surface area contributed by atoms with Gasteiger partial charge in [0.25, 0.3) is 0 Å². The Balaban J connectivity index is 1.55. The van der Waals surface area contributed by atoms with Crippen LogP contribution < -0.4 is 0 Å². The lowest BCUT2D eigenvalue weighted by Crippen LogP contribution is -2.73. The van der Waals surface area contributed by atoms with E-state index in [1.54, 1.807) is 16.4 Å². The van der Waals surface area contributed by atoms with Gasteiger partial charge in [0, 0.05) is 7.05 Å². The molecule has 2 aromatic heterocycles. The lowest BCUT2D eigenvalue weighted by atomic mass is 9.84. The van der Waals surface area contributed by atoms with E-state index < -0.39 is 18.9 Å². The number of aromatic nitrogens is 3. The van der Waals surface area contributed by atoms with Gasteiger partial charge in [-0.15, -0.1) is 28.2 Å². The first-order chi connectivity index (χ1) is 20.5. The normalized spacial score (nSPS) is 17.7. The number of Topliss-reactive ketones (excluding diaryl/α,β-unsaturated/α-hetero) is 1. The fourth-order valence-electron chi connectivity index (χ4n) is 5.79. The lowest BCUT2D eigenvalue weighted by Gasteiger charge is -2.59. The molecule has 0 bridgehead atoms. The predicted molar refractivity (Wildman–Crippen MR) is 179 cm³/mol. The molecule has 0 spiro atoms. The summed E-state index contributed by atoms with van der Waals surface area (Å²) in [5.41, 5.74) is 4.12. The van der Waals surface area contributed by atoms with Gasteiger partial charge < -0.3 is 4.57 Å². The maximum Gasteiger partial charge on any atom is 0.229 e. The van der Waals surface area contributed by atoms with E-state index in [-0.39, 0.29) is 22.1 Å². The minimum Gasteiger partial charge on any atom is -0.356 e. The SMILES string of the molecule is Cn1nnc2sc(C(=O)C3C(=O)N([Si](C)(C)C(C)(C)C)C3SC(c3ccccc3)(c3ccccc3)c3ccccc3)cc21. The van der Waals surface area contributed by atoms with Crippen molar-refractivity contribution in [2.45, 2.75) is 49.0 Å². The average molecular weight is 625 g/mol. The monoisotopic (exact) mass is 624 g/mol. The zero-order valence-electron chi connectivity index (χ0n) is 25.3. The first kappa shape index (κ1) is 29.5. The quantitative estimate of drug-likeness (QED) is 0.0581. The summed E-state index contributed by atoms with van der Waals surface area (Å²) < 4.78 is 3.11. The Bertz CT molecular complexity index is 1680. The smallest absolute Gasteiger partial charge is 0.229 e. The fraction of sp³-hybridized carbons (Fsp3) is 0.294. The van der Waals surface area contributed by atoms with Crippen molar-refractivity contribution < 1.29 is 9.59 Å². The van der Waals surface area contributed by atoms with E-state index in [4.69, 9.17) is 0 Å². The number of β-lactam (4-membered cyclic amide) rings is 1. The molecule has 0 saturated carbocycles. The van der Waals surface area contributed by atoms with Crippen molar-refractivity contribution >= 4 is 53.4 Å². The highest BCUT2D eigenvalue weighted by atomic mass is 32.2. The van der Waals surface area contributed by atoms with E-state index in [1.165, 1.54) is 11.3 Å². The van der Waals surface area contributed by atoms with Crippen LogP contribution in [-0.2, 0) is 16.6 Å². The molecule has 3 aromatic carbocycles. The van der Waals surface area contributed by atoms with Crippen molar-refractivity contribution in [3.05, 3.63) is 119 Å². The Kier molecular flexibility index (Phi) is 7.47. The summed E-state index contributed by atoms with van der Waals surface area (Å²) >= 11 is 3.04. The molecule has 0 N–H and O–H groups in total. The van der Waals surface area contributed by atoms with Crippen LogP contribution in [0.1, 0.15) is 47.1 Å². The number of ketones is 1. The van der Waals surface area contributed by atoms with Crippen LogP contribution in [0.2, 0.25) is 18.1 Å². The molecular weight excluding hydrogens is 589 g/mol. The first-order valence-electron chi connectivity index (χ1n) is 14.5. The summed E-state index contributed by atoms with van der Waals surface area (Å²) in [5, 5.41) is 7.83. The van der Waals surface area contributed by atoms with Crippen molar-refractivity contribution in [2.24, 2.45) is 13.0 Å². The largest absolute Gasteiger partial charge is 0.356 e. The third-order valence-electron chi connectivity index (χ3n) is 9.16. The molecule has 0 radical (unpaired) electrons. The Morgan fingerprint density at radius 2 is 1.35 bits per heavy atom. The molecule has 1 saturated heterocycles. The highest BCUT2D eigenvalue weighted by Gasteiger charge is 2.62. The van der Waals surface area contributed by atoms with Crippen LogP contribution in [0.5, 0.6) is 0 Å². The number of carbonyl (C=O) groups is 2. The number of amides is 1. The Labute approximate surface area is 262 Å². The number of rotatable bonds is 8. The number of aryl methyl sites for hydroxylation is 1. The van der Waals surface area contributed by atoms with Gasteiger partial charge in [0.2, 0.25) is 5.91 Å². The topological polar surface area (TPSA) is 68.1 Å². The van der Waals surface area contributed by atoms with E-state index in [9.17, 15) is 9.59 Å². The summed E-state index contributed by atoms with van der Waals surface area (Å²) in [6.07, 6.45) is 0. The highest BCUT2D eigenvalue weighted by Crippen LogP contribution is 2.57. The molecule has 0 aliphatic carbocycles. The van der Waals surface area contributed by atoms with Crippen LogP contribution in [0.15, 0.2) is 97.1 Å². The second-order valence-corrected chi connectivity index (χ2v) is 20.1. The Hall–Kier alpha value is -3.53. The summed E-state index contributed by atoms with van der Waals surface area (Å²) in [6, 6.07) is 33.3. The number of hydrogen-bond donors (Lipinski definition) is 0. The van der Waals surface area contributed by atoms with E-state index in [2.05, 4.69) is 122 Å². The fourth-order valence-corrected chi connectivity index (χ4v) is 11.7. The lowest BCUT2D eigenvalue weighted by molar-refractivity contribution is -0.140. The molecule has 2 unspecified atom stereocenters. The first-order valence-corrected chi connectivity index (χ1v) is 19.1. The third kappa shape index (κ3) is 4.78. The number of thioether (sulfide) groups is 1. The molecule has 6 nitrogen and oxygen atoms in total. The summed E-state index contributed by atoms with van der Waals surface area (Å²) in [7, 11) is -0.563. The number of fused-ring (bicyclic) bond motifs is 1. The molecule has 9 heteroatoms. The van der Waals surface area contributed by atoms with Crippen LogP contribution in [0.3, 0.4) is 0 Å². The summed E-state index contributed by atoms with van der Waals surface area (Å²) in [6.45, 7) is 11.2. The van der Waals surface area contributed by atoms with Crippen molar-refractivity contribution in [1.29, 1.82) is 0 Å². The van der Waals surface area contributed by atoms with Gasteiger partial charge in [-0.25, -0.2) is 4.68 Å². The molecule has 2 atom stereocenters. The van der Waals surface area contributed by atoms with Gasteiger partial charge in [-0.2, -0.15) is 0 Å². The zero-order chi connectivity index (χ0) is 30.6. The van der Waals surface area contributed by atoms with Crippen LogP contribution >= 0.6 is 23.1 Å². The van der Waals surface area contributed by atoms with Crippen molar-refractivity contribution in [3.63, 3.8) is 0 Å². The van der Waals surface area contributed by atoms with Gasteiger partial charge >= 0.3 is 0 Å². The predicted octanol–water partition coefficient (Wildman–Crippen LogP) is 7.73. The number of benzene rings is 3. The van der Waals surface area contributed by atoms with Gasteiger partial charge in [-0.1, -0.05) is 130 Å². The van der Waals surface area contributed by atoms with Crippen molar-refractivity contribution in [2.75, 3.05) is 0 Å². The molecule has 1 aliphatic rings. The van der Waals surface area contributed by atoms with Crippen LogP contribution in [-0.4, -0.2) is 44.9 Å². The van der Waals surface area contributed by atoms with E-state index in [1.807, 2.05) is 31.3 Å².